The highest BCUT2D eigenvalue weighted by Gasteiger charge is 2.21. The van der Waals surface area contributed by atoms with Crippen LogP contribution in [0.2, 0.25) is 0 Å². The van der Waals surface area contributed by atoms with Crippen LogP contribution in [0.3, 0.4) is 0 Å². The molecule has 0 saturated heterocycles. The van der Waals surface area contributed by atoms with Gasteiger partial charge in [-0.1, -0.05) is 30.3 Å². The minimum Gasteiger partial charge on any atom is -0.496 e. The highest BCUT2D eigenvalue weighted by molar-refractivity contribution is 6.13. The molecule has 28 heavy (non-hydrogen) atoms. The maximum absolute atomic E-state index is 12.9. The second kappa shape index (κ2) is 7.47. The molecule has 0 N–H and O–H groups in total. The molecule has 3 aromatic rings. The molecule has 0 atom stereocenters. The summed E-state index contributed by atoms with van der Waals surface area (Å²) in [6.07, 6.45) is 3.69. The van der Waals surface area contributed by atoms with E-state index in [9.17, 15) is 4.79 Å². The number of methoxy groups -OCH3 is 1. The maximum Gasteiger partial charge on any atom is 0.189 e. The highest BCUT2D eigenvalue weighted by Crippen LogP contribution is 2.28. The second-order valence-corrected chi connectivity index (χ2v) is 7.31. The van der Waals surface area contributed by atoms with E-state index in [0.717, 1.165) is 57.8 Å². The van der Waals surface area contributed by atoms with E-state index in [0.29, 0.717) is 6.54 Å². The van der Waals surface area contributed by atoms with Gasteiger partial charge in [-0.05, 0) is 62.1 Å². The van der Waals surface area contributed by atoms with Crippen molar-refractivity contribution in [3.63, 3.8) is 0 Å². The number of allylic oxidation sites excluding steroid dienone is 1. The Balaban J connectivity index is 1.67. The predicted molar refractivity (Wildman–Crippen MR) is 111 cm³/mol. The van der Waals surface area contributed by atoms with Crippen LogP contribution in [-0.4, -0.2) is 22.7 Å². The molecule has 0 fully saturated rings. The van der Waals surface area contributed by atoms with Crippen molar-refractivity contribution in [3.05, 3.63) is 87.7 Å². The largest absolute Gasteiger partial charge is 0.496 e. The molecule has 1 heterocycles. The molecule has 0 unspecified atom stereocenters. The molecule has 4 heteroatoms. The standard InChI is InChI=1S/C24H24N2O2/c1-16-12-17(2)26(25-16)15-21-14-18(8-11-23(21)28-3)13-20-10-9-19-6-4-5-7-22(19)24(20)27/h4-8,11-14H,9-10,15H2,1-3H3. The van der Waals surface area contributed by atoms with Crippen LogP contribution in [0.15, 0.2) is 54.1 Å². The van der Waals surface area contributed by atoms with Crippen molar-refractivity contribution in [2.75, 3.05) is 7.11 Å². The van der Waals surface area contributed by atoms with Crippen LogP contribution in [0.5, 0.6) is 5.75 Å². The van der Waals surface area contributed by atoms with Crippen LogP contribution >= 0.6 is 0 Å². The lowest BCUT2D eigenvalue weighted by Crippen LogP contribution is -2.13. The molecular formula is C24H24N2O2. The second-order valence-electron chi connectivity index (χ2n) is 7.31. The average Bonchev–Trinajstić information content (AvgIpc) is 3.01. The first-order valence-electron chi connectivity index (χ1n) is 9.56. The van der Waals surface area contributed by atoms with Gasteiger partial charge in [0.15, 0.2) is 5.78 Å². The molecule has 1 aliphatic rings. The topological polar surface area (TPSA) is 44.1 Å². The fraction of sp³-hybridized carbons (Fsp3) is 0.250. The molecule has 0 saturated carbocycles. The third-order valence-corrected chi connectivity index (χ3v) is 5.29. The Morgan fingerprint density at radius 1 is 1.11 bits per heavy atom. The van der Waals surface area contributed by atoms with E-state index in [2.05, 4.69) is 24.2 Å². The zero-order chi connectivity index (χ0) is 19.7. The van der Waals surface area contributed by atoms with E-state index in [1.165, 1.54) is 0 Å². The molecule has 142 valence electrons. The Kier molecular flexibility index (Phi) is 4.86. The van der Waals surface area contributed by atoms with Gasteiger partial charge in [-0.2, -0.15) is 5.10 Å². The van der Waals surface area contributed by atoms with Gasteiger partial charge in [0.1, 0.15) is 5.75 Å². The quantitative estimate of drug-likeness (QED) is 0.620. The normalized spacial score (nSPS) is 15.0. The lowest BCUT2D eigenvalue weighted by Gasteiger charge is -2.17. The molecule has 0 amide bonds. The van der Waals surface area contributed by atoms with Gasteiger partial charge in [0.05, 0.1) is 19.3 Å². The van der Waals surface area contributed by atoms with Gasteiger partial charge in [0.2, 0.25) is 0 Å². The first-order chi connectivity index (χ1) is 13.5. The lowest BCUT2D eigenvalue weighted by atomic mass is 9.86. The van der Waals surface area contributed by atoms with Crippen LogP contribution in [0, 0.1) is 13.8 Å². The van der Waals surface area contributed by atoms with Crippen LogP contribution < -0.4 is 4.74 Å². The summed E-state index contributed by atoms with van der Waals surface area (Å²) >= 11 is 0. The molecule has 0 aliphatic heterocycles. The molecular weight excluding hydrogens is 348 g/mol. The van der Waals surface area contributed by atoms with Crippen LogP contribution in [-0.2, 0) is 13.0 Å². The Hall–Kier alpha value is -3.14. The van der Waals surface area contributed by atoms with Crippen LogP contribution in [0.1, 0.15) is 44.9 Å². The lowest BCUT2D eigenvalue weighted by molar-refractivity contribution is 0.102. The zero-order valence-electron chi connectivity index (χ0n) is 16.5. The van der Waals surface area contributed by atoms with Crippen molar-refractivity contribution in [1.82, 2.24) is 9.78 Å². The van der Waals surface area contributed by atoms with Crippen molar-refractivity contribution in [2.45, 2.75) is 33.2 Å². The number of carbonyl (C=O) groups is 1. The van der Waals surface area contributed by atoms with E-state index in [1.54, 1.807) is 7.11 Å². The van der Waals surface area contributed by atoms with Gasteiger partial charge in [-0.15, -0.1) is 0 Å². The molecule has 1 aromatic heterocycles. The summed E-state index contributed by atoms with van der Waals surface area (Å²) in [6.45, 7) is 4.68. The van der Waals surface area contributed by atoms with Crippen molar-refractivity contribution < 1.29 is 9.53 Å². The van der Waals surface area contributed by atoms with Gasteiger partial charge in [0.25, 0.3) is 0 Å². The van der Waals surface area contributed by atoms with E-state index in [1.807, 2.05) is 54.1 Å². The summed E-state index contributed by atoms with van der Waals surface area (Å²) in [4.78, 5) is 12.9. The molecule has 2 aromatic carbocycles. The number of Topliss-reactive ketones (excluding diaryl/α,β-unsaturated/α-hetero) is 1. The SMILES string of the molecule is COc1ccc(C=C2CCc3ccccc3C2=O)cc1Cn1nc(C)cc1C. The Morgan fingerprint density at radius 3 is 2.68 bits per heavy atom. The van der Waals surface area contributed by atoms with E-state index in [4.69, 9.17) is 4.74 Å². The average molecular weight is 372 g/mol. The Labute approximate surface area is 165 Å². The smallest absolute Gasteiger partial charge is 0.189 e. The van der Waals surface area contributed by atoms with Crippen molar-refractivity contribution in [1.29, 1.82) is 0 Å². The summed E-state index contributed by atoms with van der Waals surface area (Å²) < 4.78 is 7.53. The first-order valence-corrected chi connectivity index (χ1v) is 9.56. The molecule has 0 radical (unpaired) electrons. The van der Waals surface area contributed by atoms with Crippen LogP contribution in [0.4, 0.5) is 0 Å². The zero-order valence-corrected chi connectivity index (χ0v) is 16.5. The summed E-state index contributed by atoms with van der Waals surface area (Å²) in [5, 5.41) is 4.55. The van der Waals surface area contributed by atoms with Crippen molar-refractivity contribution in [3.8, 4) is 5.75 Å². The van der Waals surface area contributed by atoms with Gasteiger partial charge in [0, 0.05) is 22.4 Å². The predicted octanol–water partition coefficient (Wildman–Crippen LogP) is 4.77. The number of hydrogen-bond donors (Lipinski definition) is 0. The highest BCUT2D eigenvalue weighted by atomic mass is 16.5. The van der Waals surface area contributed by atoms with Crippen molar-refractivity contribution in [2.24, 2.45) is 0 Å². The number of hydrogen-bond acceptors (Lipinski definition) is 3. The Bertz CT molecular complexity index is 1080. The number of benzene rings is 2. The number of aryl methyl sites for hydroxylation is 3. The first kappa shape index (κ1) is 18.2. The van der Waals surface area contributed by atoms with Gasteiger partial charge < -0.3 is 4.74 Å². The minimum atomic E-state index is 0.137. The summed E-state index contributed by atoms with van der Waals surface area (Å²) in [5.74, 6) is 0.966. The number of ether oxygens (including phenoxy) is 1. The van der Waals surface area contributed by atoms with E-state index < -0.39 is 0 Å². The molecule has 0 spiro atoms. The number of nitrogens with zero attached hydrogens (tertiary/aromatic N) is 2. The summed E-state index contributed by atoms with van der Waals surface area (Å²) in [6, 6.07) is 16.0. The number of ketones is 1. The summed E-state index contributed by atoms with van der Waals surface area (Å²) in [5.41, 5.74) is 7.01. The number of rotatable bonds is 4. The fourth-order valence-corrected chi connectivity index (χ4v) is 3.86. The van der Waals surface area contributed by atoms with Gasteiger partial charge in [-0.3, -0.25) is 9.48 Å². The maximum atomic E-state index is 12.9. The Morgan fingerprint density at radius 2 is 1.93 bits per heavy atom. The van der Waals surface area contributed by atoms with E-state index >= 15 is 0 Å². The third kappa shape index (κ3) is 3.50. The number of fused-ring (bicyclic) bond motifs is 1. The monoisotopic (exact) mass is 372 g/mol. The van der Waals surface area contributed by atoms with Gasteiger partial charge in [-0.25, -0.2) is 0 Å². The summed E-state index contributed by atoms with van der Waals surface area (Å²) in [7, 11) is 1.68. The minimum absolute atomic E-state index is 0.137. The molecule has 4 rings (SSSR count). The molecule has 4 nitrogen and oxygen atoms in total. The molecule has 0 bridgehead atoms. The number of aromatic nitrogens is 2. The fourth-order valence-electron chi connectivity index (χ4n) is 3.86. The van der Waals surface area contributed by atoms with Crippen molar-refractivity contribution >= 4 is 11.9 Å². The number of carbonyl (C=O) groups excluding carboxylic acids is 1. The molecule has 1 aliphatic carbocycles. The van der Waals surface area contributed by atoms with Crippen LogP contribution in [0.25, 0.3) is 6.08 Å². The third-order valence-electron chi connectivity index (χ3n) is 5.29. The van der Waals surface area contributed by atoms with E-state index in [-0.39, 0.29) is 5.78 Å². The van der Waals surface area contributed by atoms with Gasteiger partial charge >= 0.3 is 0 Å².